The molecule has 0 spiro atoms. The maximum absolute atomic E-state index is 12.8. The van der Waals surface area contributed by atoms with Crippen LogP contribution < -0.4 is 4.90 Å². The van der Waals surface area contributed by atoms with Crippen molar-refractivity contribution in [2.24, 2.45) is 0 Å². The Morgan fingerprint density at radius 2 is 2.00 bits per heavy atom. The SMILES string of the molecule is C=CCN(/C=C(/C#N)C(=O)N1CCCc2ccccc21)CC=C. The molecule has 23 heavy (non-hydrogen) atoms. The first-order chi connectivity index (χ1) is 11.2. The second-order valence-corrected chi connectivity index (χ2v) is 5.37. The molecule has 0 aliphatic carbocycles. The van der Waals surface area contributed by atoms with Crippen LogP contribution in [0.2, 0.25) is 0 Å². The Labute approximate surface area is 137 Å². The smallest absolute Gasteiger partial charge is 0.270 e. The van der Waals surface area contributed by atoms with E-state index in [2.05, 4.69) is 13.2 Å². The lowest BCUT2D eigenvalue weighted by molar-refractivity contribution is -0.114. The summed E-state index contributed by atoms with van der Waals surface area (Å²) in [5.41, 5.74) is 2.19. The fourth-order valence-corrected chi connectivity index (χ4v) is 2.72. The number of para-hydroxylation sites is 1. The number of aryl methyl sites for hydroxylation is 1. The molecular weight excluding hydrogens is 286 g/mol. The van der Waals surface area contributed by atoms with Gasteiger partial charge in [-0.25, -0.2) is 0 Å². The third-order valence-electron chi connectivity index (χ3n) is 3.75. The first kappa shape index (κ1) is 16.6. The van der Waals surface area contributed by atoms with Crippen LogP contribution >= 0.6 is 0 Å². The summed E-state index contributed by atoms with van der Waals surface area (Å²) in [7, 11) is 0. The van der Waals surface area contributed by atoms with Gasteiger partial charge in [0.1, 0.15) is 11.6 Å². The monoisotopic (exact) mass is 307 g/mol. The molecule has 0 saturated heterocycles. The van der Waals surface area contributed by atoms with E-state index < -0.39 is 0 Å². The molecule has 1 amide bonds. The van der Waals surface area contributed by atoms with Gasteiger partial charge in [0.2, 0.25) is 0 Å². The van der Waals surface area contributed by atoms with Crippen LogP contribution in [0, 0.1) is 11.3 Å². The second-order valence-electron chi connectivity index (χ2n) is 5.37. The summed E-state index contributed by atoms with van der Waals surface area (Å²) in [5.74, 6) is -0.252. The summed E-state index contributed by atoms with van der Waals surface area (Å²) in [6.45, 7) is 9.14. The molecule has 1 aromatic carbocycles. The van der Waals surface area contributed by atoms with Gasteiger partial charge >= 0.3 is 0 Å². The lowest BCUT2D eigenvalue weighted by atomic mass is 10.0. The highest BCUT2D eigenvalue weighted by molar-refractivity contribution is 6.08. The quantitative estimate of drug-likeness (QED) is 0.461. The number of fused-ring (bicyclic) bond motifs is 1. The van der Waals surface area contributed by atoms with E-state index in [9.17, 15) is 10.1 Å². The number of hydrogen-bond donors (Lipinski definition) is 0. The number of nitrogens with zero attached hydrogens (tertiary/aromatic N) is 3. The van der Waals surface area contributed by atoms with Crippen molar-refractivity contribution in [1.82, 2.24) is 4.90 Å². The minimum absolute atomic E-state index is 0.130. The zero-order chi connectivity index (χ0) is 16.7. The van der Waals surface area contributed by atoms with Gasteiger partial charge in [-0.2, -0.15) is 5.26 Å². The zero-order valence-electron chi connectivity index (χ0n) is 13.2. The molecule has 0 saturated carbocycles. The molecule has 0 radical (unpaired) electrons. The van der Waals surface area contributed by atoms with Crippen molar-refractivity contribution in [3.63, 3.8) is 0 Å². The summed E-state index contributed by atoms with van der Waals surface area (Å²) in [5, 5.41) is 9.42. The molecule has 1 aliphatic rings. The summed E-state index contributed by atoms with van der Waals surface area (Å²) in [6, 6.07) is 9.90. The molecule has 1 heterocycles. The number of amides is 1. The number of carbonyl (C=O) groups is 1. The van der Waals surface area contributed by atoms with E-state index in [1.165, 1.54) is 0 Å². The predicted molar refractivity (Wildman–Crippen MR) is 92.8 cm³/mol. The standard InChI is InChI=1S/C19H21N3O/c1-3-11-21(12-4-2)15-17(14-20)19(23)22-13-7-9-16-8-5-6-10-18(16)22/h3-6,8,10,15H,1-2,7,9,11-13H2/b17-15-. The van der Waals surface area contributed by atoms with E-state index in [-0.39, 0.29) is 11.5 Å². The maximum Gasteiger partial charge on any atom is 0.270 e. The molecule has 0 N–H and O–H groups in total. The van der Waals surface area contributed by atoms with E-state index in [0.29, 0.717) is 19.6 Å². The van der Waals surface area contributed by atoms with E-state index >= 15 is 0 Å². The Bertz CT molecular complexity index is 659. The van der Waals surface area contributed by atoms with Crippen LogP contribution in [0.4, 0.5) is 5.69 Å². The van der Waals surface area contributed by atoms with Crippen molar-refractivity contribution in [3.8, 4) is 6.07 Å². The van der Waals surface area contributed by atoms with Crippen molar-refractivity contribution in [1.29, 1.82) is 5.26 Å². The number of anilines is 1. The minimum atomic E-state index is -0.252. The van der Waals surface area contributed by atoms with Crippen molar-refractivity contribution in [2.75, 3.05) is 24.5 Å². The molecule has 118 valence electrons. The van der Waals surface area contributed by atoms with E-state index in [1.807, 2.05) is 35.2 Å². The molecule has 0 aromatic heterocycles. The molecule has 2 rings (SSSR count). The third kappa shape index (κ3) is 3.89. The lowest BCUT2D eigenvalue weighted by Gasteiger charge is -2.29. The highest BCUT2D eigenvalue weighted by atomic mass is 16.2. The second kappa shape index (κ2) is 8.00. The molecule has 1 aromatic rings. The normalized spacial score (nSPS) is 13.7. The van der Waals surface area contributed by atoms with E-state index in [1.54, 1.807) is 23.3 Å². The first-order valence-electron chi connectivity index (χ1n) is 7.68. The first-order valence-corrected chi connectivity index (χ1v) is 7.68. The number of carbonyl (C=O) groups excluding carboxylic acids is 1. The van der Waals surface area contributed by atoms with E-state index in [4.69, 9.17) is 0 Å². The zero-order valence-corrected chi connectivity index (χ0v) is 13.2. The highest BCUT2D eigenvalue weighted by Gasteiger charge is 2.25. The van der Waals surface area contributed by atoms with Crippen LogP contribution in [0.5, 0.6) is 0 Å². The van der Waals surface area contributed by atoms with E-state index in [0.717, 1.165) is 24.1 Å². The Morgan fingerprint density at radius 3 is 2.65 bits per heavy atom. The fourth-order valence-electron chi connectivity index (χ4n) is 2.72. The van der Waals surface area contributed by atoms with Crippen molar-refractivity contribution in [3.05, 3.63) is 66.9 Å². The van der Waals surface area contributed by atoms with Crippen LogP contribution in [0.3, 0.4) is 0 Å². The van der Waals surface area contributed by atoms with Gasteiger partial charge in [0, 0.05) is 31.5 Å². The Hall–Kier alpha value is -2.80. The summed E-state index contributed by atoms with van der Waals surface area (Å²) in [6.07, 6.45) is 6.93. The van der Waals surface area contributed by atoms with Gasteiger partial charge in [-0.1, -0.05) is 30.4 Å². The molecule has 0 bridgehead atoms. The van der Waals surface area contributed by atoms with Crippen LogP contribution in [0.25, 0.3) is 0 Å². The van der Waals surface area contributed by atoms with Gasteiger partial charge in [0.05, 0.1) is 0 Å². The molecule has 4 heteroatoms. The van der Waals surface area contributed by atoms with Gasteiger partial charge in [0.15, 0.2) is 0 Å². The number of rotatable bonds is 6. The predicted octanol–water partition coefficient (Wildman–Crippen LogP) is 3.05. The molecular formula is C19H21N3O. The van der Waals surface area contributed by atoms with Gasteiger partial charge in [-0.05, 0) is 24.5 Å². The molecule has 4 nitrogen and oxygen atoms in total. The number of nitriles is 1. The highest BCUT2D eigenvalue weighted by Crippen LogP contribution is 2.27. The van der Waals surface area contributed by atoms with Crippen molar-refractivity contribution in [2.45, 2.75) is 12.8 Å². The summed E-state index contributed by atoms with van der Waals surface area (Å²) < 4.78 is 0. The topological polar surface area (TPSA) is 47.3 Å². The average Bonchev–Trinajstić information content (AvgIpc) is 2.59. The molecule has 1 aliphatic heterocycles. The van der Waals surface area contributed by atoms with Crippen LogP contribution in [-0.2, 0) is 11.2 Å². The molecule has 0 atom stereocenters. The fraction of sp³-hybridized carbons (Fsp3) is 0.263. The minimum Gasteiger partial charge on any atom is -0.369 e. The molecule has 0 unspecified atom stereocenters. The maximum atomic E-state index is 12.8. The van der Waals surface area contributed by atoms with Crippen LogP contribution in [0.15, 0.2) is 61.3 Å². The van der Waals surface area contributed by atoms with Gasteiger partial charge in [-0.3, -0.25) is 4.79 Å². The van der Waals surface area contributed by atoms with Crippen LogP contribution in [0.1, 0.15) is 12.0 Å². The van der Waals surface area contributed by atoms with Gasteiger partial charge < -0.3 is 9.80 Å². The van der Waals surface area contributed by atoms with Gasteiger partial charge in [-0.15, -0.1) is 13.2 Å². The summed E-state index contributed by atoms with van der Waals surface area (Å²) in [4.78, 5) is 16.3. The lowest BCUT2D eigenvalue weighted by Crippen LogP contribution is -2.36. The van der Waals surface area contributed by atoms with Crippen molar-refractivity contribution >= 4 is 11.6 Å². The van der Waals surface area contributed by atoms with Crippen molar-refractivity contribution < 1.29 is 4.79 Å². The average molecular weight is 307 g/mol. The Morgan fingerprint density at radius 1 is 1.30 bits per heavy atom. The molecule has 0 fully saturated rings. The Balaban J connectivity index is 2.29. The third-order valence-corrected chi connectivity index (χ3v) is 3.75. The summed E-state index contributed by atoms with van der Waals surface area (Å²) >= 11 is 0. The largest absolute Gasteiger partial charge is 0.369 e. The number of benzene rings is 1. The van der Waals surface area contributed by atoms with Crippen LogP contribution in [-0.4, -0.2) is 30.4 Å². The number of hydrogen-bond acceptors (Lipinski definition) is 3. The Kier molecular flexibility index (Phi) is 5.76. The van der Waals surface area contributed by atoms with Gasteiger partial charge in [0.25, 0.3) is 5.91 Å².